The van der Waals surface area contributed by atoms with Gasteiger partial charge in [0.05, 0.1) is 0 Å². The van der Waals surface area contributed by atoms with Crippen LogP contribution in [0.15, 0.2) is 30.4 Å². The Hall–Kier alpha value is -0.790. The number of rotatable bonds is 2. The molecule has 0 spiro atoms. The summed E-state index contributed by atoms with van der Waals surface area (Å²) >= 11 is 6.16. The first-order valence-electron chi connectivity index (χ1n) is 4.91. The molecule has 0 saturated carbocycles. The fourth-order valence-electron chi connectivity index (χ4n) is 1.71. The molecule has 1 unspecified atom stereocenters. The lowest BCUT2D eigenvalue weighted by molar-refractivity contribution is 0.665. The Morgan fingerprint density at radius 1 is 1.50 bits per heavy atom. The number of hydrogen-bond donors (Lipinski definition) is 1. The van der Waals surface area contributed by atoms with E-state index in [-0.39, 0.29) is 0 Å². The van der Waals surface area contributed by atoms with Gasteiger partial charge in [0, 0.05) is 17.6 Å². The van der Waals surface area contributed by atoms with Gasteiger partial charge in [-0.05, 0) is 30.5 Å². The number of benzene rings is 1. The Bertz CT molecular complexity index is 357. The summed E-state index contributed by atoms with van der Waals surface area (Å²) in [6.45, 7) is 3.04. The van der Waals surface area contributed by atoms with Crippen LogP contribution in [0.5, 0.6) is 0 Å². The van der Waals surface area contributed by atoms with Crippen LogP contribution in [0.2, 0.25) is 5.02 Å². The molecule has 2 heteroatoms. The molecule has 0 aromatic heterocycles. The van der Waals surface area contributed by atoms with Gasteiger partial charge in [-0.2, -0.15) is 0 Å². The van der Waals surface area contributed by atoms with Crippen LogP contribution < -0.4 is 5.32 Å². The molecule has 0 fully saturated rings. The SMILES string of the molecule is Cc1ccc(CC2C=CCN2)c(Cl)c1. The van der Waals surface area contributed by atoms with Crippen molar-refractivity contribution in [3.8, 4) is 0 Å². The van der Waals surface area contributed by atoms with Crippen molar-refractivity contribution in [3.63, 3.8) is 0 Å². The summed E-state index contributed by atoms with van der Waals surface area (Å²) < 4.78 is 0. The first kappa shape index (κ1) is 9.75. The maximum atomic E-state index is 6.16. The fourth-order valence-corrected chi connectivity index (χ4v) is 2.03. The molecule has 0 amide bonds. The highest BCUT2D eigenvalue weighted by atomic mass is 35.5. The second-order valence-electron chi connectivity index (χ2n) is 3.74. The molecule has 1 aromatic carbocycles. The average molecular weight is 208 g/mol. The number of aryl methyl sites for hydroxylation is 1. The minimum Gasteiger partial charge on any atom is -0.307 e. The molecule has 0 saturated heterocycles. The summed E-state index contributed by atoms with van der Waals surface area (Å²) in [5.74, 6) is 0. The number of hydrogen-bond acceptors (Lipinski definition) is 1. The van der Waals surface area contributed by atoms with E-state index < -0.39 is 0 Å². The zero-order chi connectivity index (χ0) is 9.97. The van der Waals surface area contributed by atoms with Crippen molar-refractivity contribution in [2.75, 3.05) is 6.54 Å². The molecule has 0 aliphatic carbocycles. The maximum Gasteiger partial charge on any atom is 0.0441 e. The molecule has 1 aromatic rings. The van der Waals surface area contributed by atoms with Crippen molar-refractivity contribution in [1.82, 2.24) is 5.32 Å². The first-order chi connectivity index (χ1) is 6.75. The van der Waals surface area contributed by atoms with E-state index in [0.29, 0.717) is 6.04 Å². The maximum absolute atomic E-state index is 6.16. The highest BCUT2D eigenvalue weighted by molar-refractivity contribution is 6.31. The van der Waals surface area contributed by atoms with Crippen molar-refractivity contribution >= 4 is 11.6 Å². The van der Waals surface area contributed by atoms with Crippen molar-refractivity contribution in [1.29, 1.82) is 0 Å². The van der Waals surface area contributed by atoms with Gasteiger partial charge >= 0.3 is 0 Å². The van der Waals surface area contributed by atoms with Crippen LogP contribution in [0.3, 0.4) is 0 Å². The topological polar surface area (TPSA) is 12.0 Å². The van der Waals surface area contributed by atoms with E-state index in [1.54, 1.807) is 0 Å². The van der Waals surface area contributed by atoms with E-state index in [0.717, 1.165) is 18.0 Å². The van der Waals surface area contributed by atoms with Gasteiger partial charge in [0.1, 0.15) is 0 Å². The summed E-state index contributed by atoms with van der Waals surface area (Å²) in [4.78, 5) is 0. The minimum atomic E-state index is 0.454. The van der Waals surface area contributed by atoms with Crippen LogP contribution in [0.1, 0.15) is 11.1 Å². The van der Waals surface area contributed by atoms with Gasteiger partial charge in [-0.1, -0.05) is 35.9 Å². The Morgan fingerprint density at radius 3 is 3.00 bits per heavy atom. The van der Waals surface area contributed by atoms with Gasteiger partial charge in [0.2, 0.25) is 0 Å². The average Bonchev–Trinajstić information content (AvgIpc) is 2.62. The van der Waals surface area contributed by atoms with Crippen LogP contribution in [0.4, 0.5) is 0 Å². The molecule has 0 radical (unpaired) electrons. The molecule has 1 heterocycles. The molecule has 74 valence electrons. The molecule has 0 bridgehead atoms. The van der Waals surface area contributed by atoms with Crippen molar-refractivity contribution in [2.24, 2.45) is 0 Å². The van der Waals surface area contributed by atoms with E-state index in [2.05, 4.69) is 36.5 Å². The summed E-state index contributed by atoms with van der Waals surface area (Å²) in [5.41, 5.74) is 2.44. The van der Waals surface area contributed by atoms with E-state index in [1.807, 2.05) is 6.07 Å². The zero-order valence-electron chi connectivity index (χ0n) is 8.26. The molecule has 1 aliphatic rings. The predicted molar refractivity (Wildman–Crippen MR) is 60.8 cm³/mol. The van der Waals surface area contributed by atoms with Crippen LogP contribution >= 0.6 is 11.6 Å². The first-order valence-corrected chi connectivity index (χ1v) is 5.28. The summed E-state index contributed by atoms with van der Waals surface area (Å²) in [6, 6.07) is 6.70. The molecule has 1 nitrogen and oxygen atoms in total. The summed E-state index contributed by atoms with van der Waals surface area (Å²) in [7, 11) is 0. The van der Waals surface area contributed by atoms with Gasteiger partial charge < -0.3 is 5.32 Å². The van der Waals surface area contributed by atoms with Gasteiger partial charge in [0.15, 0.2) is 0 Å². The predicted octanol–water partition coefficient (Wildman–Crippen LogP) is 2.72. The Balaban J connectivity index is 2.12. The second-order valence-corrected chi connectivity index (χ2v) is 4.15. The van der Waals surface area contributed by atoms with E-state index in [9.17, 15) is 0 Å². The van der Waals surface area contributed by atoms with Gasteiger partial charge in [-0.3, -0.25) is 0 Å². The highest BCUT2D eigenvalue weighted by Gasteiger charge is 2.10. The van der Waals surface area contributed by atoms with Gasteiger partial charge in [-0.25, -0.2) is 0 Å². The third-order valence-corrected chi connectivity index (χ3v) is 2.87. The minimum absolute atomic E-state index is 0.454. The molecule has 14 heavy (non-hydrogen) atoms. The van der Waals surface area contributed by atoms with Crippen molar-refractivity contribution in [3.05, 3.63) is 46.5 Å². The normalized spacial score (nSPS) is 20.3. The number of halogens is 1. The van der Waals surface area contributed by atoms with Gasteiger partial charge in [-0.15, -0.1) is 0 Å². The van der Waals surface area contributed by atoms with Gasteiger partial charge in [0.25, 0.3) is 0 Å². The lowest BCUT2D eigenvalue weighted by Gasteiger charge is -2.10. The molecule has 1 N–H and O–H groups in total. The lowest BCUT2D eigenvalue weighted by Crippen LogP contribution is -2.24. The standard InChI is InChI=1S/C12H14ClN/c1-9-4-5-10(12(13)7-9)8-11-3-2-6-14-11/h2-5,7,11,14H,6,8H2,1H3. The van der Waals surface area contributed by atoms with Crippen LogP contribution in [-0.4, -0.2) is 12.6 Å². The van der Waals surface area contributed by atoms with E-state index >= 15 is 0 Å². The van der Waals surface area contributed by atoms with Crippen molar-refractivity contribution < 1.29 is 0 Å². The molecule has 1 aliphatic heterocycles. The second kappa shape index (κ2) is 4.16. The van der Waals surface area contributed by atoms with Crippen LogP contribution in [0, 0.1) is 6.92 Å². The molecule has 1 atom stereocenters. The molecular weight excluding hydrogens is 194 g/mol. The summed E-state index contributed by atoms with van der Waals surface area (Å²) in [6.07, 6.45) is 5.35. The van der Waals surface area contributed by atoms with E-state index in [1.165, 1.54) is 11.1 Å². The fraction of sp³-hybridized carbons (Fsp3) is 0.333. The Morgan fingerprint density at radius 2 is 2.36 bits per heavy atom. The zero-order valence-corrected chi connectivity index (χ0v) is 9.01. The Labute approximate surface area is 89.8 Å². The van der Waals surface area contributed by atoms with Crippen LogP contribution in [0.25, 0.3) is 0 Å². The third-order valence-electron chi connectivity index (χ3n) is 2.51. The third kappa shape index (κ3) is 2.17. The largest absolute Gasteiger partial charge is 0.307 e. The lowest BCUT2D eigenvalue weighted by atomic mass is 10.1. The smallest absolute Gasteiger partial charge is 0.0441 e. The van der Waals surface area contributed by atoms with E-state index in [4.69, 9.17) is 11.6 Å². The highest BCUT2D eigenvalue weighted by Crippen LogP contribution is 2.19. The van der Waals surface area contributed by atoms with Crippen molar-refractivity contribution in [2.45, 2.75) is 19.4 Å². The monoisotopic (exact) mass is 207 g/mol. The quantitative estimate of drug-likeness (QED) is 0.736. The number of nitrogens with one attached hydrogen (secondary N) is 1. The summed E-state index contributed by atoms with van der Waals surface area (Å²) in [5, 5.41) is 4.26. The molecule has 2 rings (SSSR count). The Kier molecular flexibility index (Phi) is 2.90. The molecular formula is C12H14ClN. The van der Waals surface area contributed by atoms with Crippen LogP contribution in [-0.2, 0) is 6.42 Å².